The van der Waals surface area contributed by atoms with Gasteiger partial charge in [-0.1, -0.05) is 18.2 Å². The minimum absolute atomic E-state index is 0.0758. The fourth-order valence-electron chi connectivity index (χ4n) is 2.81. The number of amides is 2. The molecule has 1 N–H and O–H groups in total. The highest BCUT2D eigenvalue weighted by atomic mass is 16.5. The smallest absolute Gasteiger partial charge is 0.258 e. The molecule has 0 atom stereocenters. The number of carbonyl (C=O) groups excluding carboxylic acids is 2. The molecule has 1 saturated heterocycles. The maximum absolute atomic E-state index is 12.0. The first kappa shape index (κ1) is 17.8. The van der Waals surface area contributed by atoms with Gasteiger partial charge in [0.05, 0.1) is 7.11 Å². The molecule has 1 heterocycles. The number of anilines is 1. The molecule has 26 heavy (non-hydrogen) atoms. The van der Waals surface area contributed by atoms with Crippen LogP contribution in [-0.4, -0.2) is 32.1 Å². The van der Waals surface area contributed by atoms with Crippen molar-refractivity contribution in [3.8, 4) is 11.5 Å². The minimum atomic E-state index is -0.205. The number of rotatable bonds is 7. The number of ether oxygens (including phenoxy) is 2. The molecule has 6 heteroatoms. The zero-order chi connectivity index (χ0) is 18.4. The summed E-state index contributed by atoms with van der Waals surface area (Å²) in [4.78, 5) is 25.6. The van der Waals surface area contributed by atoms with Crippen molar-refractivity contribution in [1.82, 2.24) is 5.32 Å². The molecule has 0 aromatic heterocycles. The Morgan fingerprint density at radius 1 is 1.15 bits per heavy atom. The number of hydrogen-bond donors (Lipinski definition) is 1. The summed E-state index contributed by atoms with van der Waals surface area (Å²) in [5, 5.41) is 2.81. The summed E-state index contributed by atoms with van der Waals surface area (Å²) in [6.45, 7) is 1.08. The lowest BCUT2D eigenvalue weighted by Crippen LogP contribution is -2.28. The number of nitrogens with zero attached hydrogens (tertiary/aromatic N) is 1. The van der Waals surface area contributed by atoms with Crippen LogP contribution < -0.4 is 19.7 Å². The van der Waals surface area contributed by atoms with Gasteiger partial charge in [-0.2, -0.15) is 0 Å². The van der Waals surface area contributed by atoms with Crippen LogP contribution >= 0.6 is 0 Å². The van der Waals surface area contributed by atoms with Crippen LogP contribution in [0.5, 0.6) is 11.5 Å². The third kappa shape index (κ3) is 4.53. The fraction of sp³-hybridized carbons (Fsp3) is 0.300. The van der Waals surface area contributed by atoms with Crippen LogP contribution in [0.1, 0.15) is 18.4 Å². The van der Waals surface area contributed by atoms with Crippen molar-refractivity contribution < 1.29 is 19.1 Å². The van der Waals surface area contributed by atoms with Crippen LogP contribution in [0, 0.1) is 0 Å². The van der Waals surface area contributed by atoms with Crippen LogP contribution in [0.2, 0.25) is 0 Å². The van der Waals surface area contributed by atoms with Crippen molar-refractivity contribution in [3.05, 3.63) is 54.1 Å². The number of methoxy groups -OCH3 is 1. The first-order valence-electron chi connectivity index (χ1n) is 8.58. The molecule has 1 aliphatic rings. The molecule has 0 radical (unpaired) electrons. The molecule has 6 nitrogen and oxygen atoms in total. The van der Waals surface area contributed by atoms with Crippen LogP contribution in [0.15, 0.2) is 48.5 Å². The topological polar surface area (TPSA) is 67.9 Å². The van der Waals surface area contributed by atoms with Crippen molar-refractivity contribution in [2.45, 2.75) is 19.4 Å². The summed E-state index contributed by atoms with van der Waals surface area (Å²) in [6.07, 6.45) is 1.45. The quantitative estimate of drug-likeness (QED) is 0.830. The maximum Gasteiger partial charge on any atom is 0.258 e. The van der Waals surface area contributed by atoms with E-state index in [0.29, 0.717) is 18.7 Å². The molecule has 3 rings (SSSR count). The number of carbonyl (C=O) groups is 2. The van der Waals surface area contributed by atoms with Crippen LogP contribution in [0.3, 0.4) is 0 Å². The second-order valence-electron chi connectivity index (χ2n) is 6.06. The van der Waals surface area contributed by atoms with E-state index in [-0.39, 0.29) is 18.4 Å². The van der Waals surface area contributed by atoms with Gasteiger partial charge in [-0.05, 0) is 36.2 Å². The van der Waals surface area contributed by atoms with Crippen molar-refractivity contribution in [2.75, 3.05) is 25.2 Å². The zero-order valence-electron chi connectivity index (χ0n) is 14.7. The summed E-state index contributed by atoms with van der Waals surface area (Å²) in [5.74, 6) is 1.27. The van der Waals surface area contributed by atoms with Crippen LogP contribution in [-0.2, 0) is 16.1 Å². The Morgan fingerprint density at radius 2 is 1.96 bits per heavy atom. The van der Waals surface area contributed by atoms with E-state index in [1.54, 1.807) is 24.1 Å². The van der Waals surface area contributed by atoms with Gasteiger partial charge in [-0.25, -0.2) is 0 Å². The predicted molar refractivity (Wildman–Crippen MR) is 98.4 cm³/mol. The van der Waals surface area contributed by atoms with Gasteiger partial charge < -0.3 is 19.7 Å². The van der Waals surface area contributed by atoms with Crippen molar-refractivity contribution in [2.24, 2.45) is 0 Å². The highest BCUT2D eigenvalue weighted by Gasteiger charge is 2.21. The monoisotopic (exact) mass is 354 g/mol. The summed E-state index contributed by atoms with van der Waals surface area (Å²) < 4.78 is 10.7. The molecule has 0 unspecified atom stereocenters. The summed E-state index contributed by atoms with van der Waals surface area (Å²) in [7, 11) is 1.61. The first-order chi connectivity index (χ1) is 12.7. The van der Waals surface area contributed by atoms with Gasteiger partial charge in [0.25, 0.3) is 5.91 Å². The lowest BCUT2D eigenvalue weighted by Gasteiger charge is -2.16. The second-order valence-corrected chi connectivity index (χ2v) is 6.06. The molecular formula is C20H22N2O4. The molecule has 0 spiro atoms. The Hall–Kier alpha value is -3.02. The highest BCUT2D eigenvalue weighted by Crippen LogP contribution is 2.25. The number of benzene rings is 2. The maximum atomic E-state index is 12.0. The lowest BCUT2D eigenvalue weighted by atomic mass is 10.2. The largest absolute Gasteiger partial charge is 0.497 e. The molecule has 0 bridgehead atoms. The standard InChI is InChI=1S/C20H22N2O4/c1-25-17-9-7-15(8-10-17)13-21-19(23)14-26-18-5-2-4-16(12-18)22-11-3-6-20(22)24/h2,4-5,7-10,12H,3,6,11,13-14H2,1H3,(H,21,23). The molecule has 1 fully saturated rings. The van der Waals surface area contributed by atoms with E-state index in [0.717, 1.165) is 30.0 Å². The molecule has 0 saturated carbocycles. The van der Waals surface area contributed by atoms with Gasteiger partial charge in [-0.3, -0.25) is 9.59 Å². The molecule has 2 amide bonds. The Bertz CT molecular complexity index is 774. The van der Waals surface area contributed by atoms with Gasteiger partial charge >= 0.3 is 0 Å². The van der Waals surface area contributed by atoms with Crippen molar-refractivity contribution >= 4 is 17.5 Å². The van der Waals surface area contributed by atoms with E-state index in [1.807, 2.05) is 36.4 Å². The average molecular weight is 354 g/mol. The van der Waals surface area contributed by atoms with Crippen LogP contribution in [0.25, 0.3) is 0 Å². The van der Waals surface area contributed by atoms with Gasteiger partial charge in [0, 0.05) is 31.3 Å². The summed E-state index contributed by atoms with van der Waals surface area (Å²) in [6, 6.07) is 14.8. The van der Waals surface area contributed by atoms with Gasteiger partial charge in [0.15, 0.2) is 6.61 Å². The number of nitrogens with one attached hydrogen (secondary N) is 1. The zero-order valence-corrected chi connectivity index (χ0v) is 14.7. The lowest BCUT2D eigenvalue weighted by molar-refractivity contribution is -0.123. The predicted octanol–water partition coefficient (Wildman–Crippen LogP) is 2.52. The van der Waals surface area contributed by atoms with E-state index in [4.69, 9.17) is 9.47 Å². The van der Waals surface area contributed by atoms with E-state index in [9.17, 15) is 9.59 Å². The average Bonchev–Trinajstić information content (AvgIpc) is 3.11. The number of hydrogen-bond acceptors (Lipinski definition) is 4. The third-order valence-electron chi connectivity index (χ3n) is 4.22. The van der Waals surface area contributed by atoms with E-state index in [1.165, 1.54) is 0 Å². The molecular weight excluding hydrogens is 332 g/mol. The Labute approximate surface area is 152 Å². The Morgan fingerprint density at radius 3 is 2.65 bits per heavy atom. The molecule has 136 valence electrons. The van der Waals surface area contributed by atoms with Crippen molar-refractivity contribution in [3.63, 3.8) is 0 Å². The normalized spacial score (nSPS) is 13.6. The molecule has 1 aliphatic heterocycles. The Kier molecular flexibility index (Phi) is 5.73. The highest BCUT2D eigenvalue weighted by molar-refractivity contribution is 5.95. The minimum Gasteiger partial charge on any atom is -0.497 e. The first-order valence-corrected chi connectivity index (χ1v) is 8.58. The van der Waals surface area contributed by atoms with E-state index in [2.05, 4.69) is 5.32 Å². The molecule has 0 aliphatic carbocycles. The third-order valence-corrected chi connectivity index (χ3v) is 4.22. The summed E-state index contributed by atoms with van der Waals surface area (Å²) in [5.41, 5.74) is 1.79. The summed E-state index contributed by atoms with van der Waals surface area (Å²) >= 11 is 0. The van der Waals surface area contributed by atoms with Gasteiger partial charge in [0.2, 0.25) is 5.91 Å². The van der Waals surface area contributed by atoms with E-state index < -0.39 is 0 Å². The molecule has 2 aromatic carbocycles. The van der Waals surface area contributed by atoms with Crippen LogP contribution in [0.4, 0.5) is 5.69 Å². The van der Waals surface area contributed by atoms with E-state index >= 15 is 0 Å². The van der Waals surface area contributed by atoms with Gasteiger partial charge in [0.1, 0.15) is 11.5 Å². The SMILES string of the molecule is COc1ccc(CNC(=O)COc2cccc(N3CCCC3=O)c2)cc1. The molecule has 2 aromatic rings. The second kappa shape index (κ2) is 8.38. The van der Waals surface area contributed by atoms with Crippen molar-refractivity contribution in [1.29, 1.82) is 0 Å². The fourth-order valence-corrected chi connectivity index (χ4v) is 2.81. The Balaban J connectivity index is 1.48. The van der Waals surface area contributed by atoms with Gasteiger partial charge in [-0.15, -0.1) is 0 Å².